The lowest BCUT2D eigenvalue weighted by molar-refractivity contribution is -0.227. The molecule has 0 radical (unpaired) electrons. The van der Waals surface area contributed by atoms with Crippen molar-refractivity contribution in [2.45, 2.75) is 103 Å². The second-order valence-corrected chi connectivity index (χ2v) is 16.2. The monoisotopic (exact) mass is 671 g/mol. The normalized spacial score (nSPS) is 36.9. The molecular weight excluding hydrogens is 618 g/mol. The zero-order valence-electron chi connectivity index (χ0n) is 28.1. The number of nitrogens with two attached hydrogens (primary N) is 2. The smallest absolute Gasteiger partial charge is 0.307 e. The summed E-state index contributed by atoms with van der Waals surface area (Å²) in [5.74, 6) is -1.59. The number of thiazole rings is 1. The van der Waals surface area contributed by atoms with Gasteiger partial charge in [-0.1, -0.05) is 25.8 Å². The van der Waals surface area contributed by atoms with E-state index < -0.39 is 29.3 Å². The Hall–Kier alpha value is -2.18. The molecule has 0 spiro atoms. The van der Waals surface area contributed by atoms with E-state index in [9.17, 15) is 19.5 Å². The number of hydrogen-bond acceptors (Lipinski definition) is 10. The third-order valence-corrected chi connectivity index (χ3v) is 13.1. The molecule has 47 heavy (non-hydrogen) atoms. The van der Waals surface area contributed by atoms with E-state index in [1.165, 1.54) is 6.92 Å². The molecule has 1 saturated heterocycles. The number of ether oxygens (including phenoxy) is 3. The predicted octanol–water partition coefficient (Wildman–Crippen LogP) is 5.05. The summed E-state index contributed by atoms with van der Waals surface area (Å²) < 4.78 is 19.0. The third kappa shape index (κ3) is 6.72. The fourth-order valence-electron chi connectivity index (χ4n) is 10.3. The van der Waals surface area contributed by atoms with Crippen LogP contribution in [-0.2, 0) is 35.2 Å². The maximum Gasteiger partial charge on any atom is 0.307 e. The van der Waals surface area contributed by atoms with Gasteiger partial charge in [-0.2, -0.15) is 0 Å². The van der Waals surface area contributed by atoms with E-state index in [4.69, 9.17) is 30.7 Å². The largest absolute Gasteiger partial charge is 0.481 e. The van der Waals surface area contributed by atoms with Crippen molar-refractivity contribution in [3.8, 4) is 0 Å². The zero-order chi connectivity index (χ0) is 33.5. The lowest BCUT2D eigenvalue weighted by Gasteiger charge is -2.62. The number of unbranched alkanes of at least 4 members (excludes halogenated alkanes) is 1. The number of carbonyl (C=O) groups excluding carboxylic acids is 2. The molecule has 0 aromatic carbocycles. The number of carbonyl (C=O) groups is 3. The number of fused-ring (bicyclic) bond motifs is 3. The molecule has 10 nitrogen and oxygen atoms in total. The Morgan fingerprint density at radius 1 is 1.19 bits per heavy atom. The topological polar surface area (TPSA) is 164 Å². The minimum Gasteiger partial charge on any atom is -0.481 e. The Morgan fingerprint density at radius 2 is 2.00 bits per heavy atom. The highest BCUT2D eigenvalue weighted by molar-refractivity contribution is 7.09. The number of carboxylic acids is 1. The van der Waals surface area contributed by atoms with Crippen molar-refractivity contribution in [3.63, 3.8) is 0 Å². The number of aromatic nitrogens is 1. The molecule has 7 unspecified atom stereocenters. The van der Waals surface area contributed by atoms with E-state index in [1.54, 1.807) is 11.3 Å². The molecule has 0 amide bonds. The molecule has 4 aliphatic carbocycles. The van der Waals surface area contributed by atoms with Crippen LogP contribution in [-0.4, -0.2) is 59.8 Å². The van der Waals surface area contributed by atoms with Crippen LogP contribution in [0, 0.1) is 52.8 Å². The van der Waals surface area contributed by atoms with E-state index in [-0.39, 0.29) is 60.1 Å². The van der Waals surface area contributed by atoms with Gasteiger partial charge >= 0.3 is 11.9 Å². The van der Waals surface area contributed by atoms with Crippen molar-refractivity contribution in [2.24, 2.45) is 64.2 Å². The summed E-state index contributed by atoms with van der Waals surface area (Å²) in [6, 6.07) is -0.131. The van der Waals surface area contributed by atoms with Crippen LogP contribution < -0.4 is 11.5 Å². The first kappa shape index (κ1) is 34.7. The first-order valence-corrected chi connectivity index (χ1v) is 18.7. The molecule has 4 fully saturated rings. The second kappa shape index (κ2) is 14.4. The van der Waals surface area contributed by atoms with Gasteiger partial charge in [-0.3, -0.25) is 14.4 Å². The van der Waals surface area contributed by atoms with Crippen molar-refractivity contribution >= 4 is 29.1 Å². The number of carboxylic acid groups (broad SMARTS) is 1. The van der Waals surface area contributed by atoms with Gasteiger partial charge < -0.3 is 30.8 Å². The van der Waals surface area contributed by atoms with Gasteiger partial charge in [0.05, 0.1) is 37.5 Å². The maximum absolute atomic E-state index is 14.1. The van der Waals surface area contributed by atoms with Crippen molar-refractivity contribution < 1.29 is 33.7 Å². The summed E-state index contributed by atoms with van der Waals surface area (Å²) in [6.45, 7) is 7.60. The van der Waals surface area contributed by atoms with Gasteiger partial charge in [0.2, 0.25) is 0 Å². The predicted molar refractivity (Wildman–Crippen MR) is 177 cm³/mol. The highest BCUT2D eigenvalue weighted by Crippen LogP contribution is 2.64. The fourth-order valence-corrected chi connectivity index (χ4v) is 11.2. The maximum atomic E-state index is 14.1. The SMILES string of the molecule is CC(=O)O[C@@H]1C[C@]23COCC(C2CCC2C3=CC(=O)C3C2CCC(CC(C)C)C3C(=O)O)[C@H]1OCc1csc([C@@H](N)CCCCN)n1. The number of hydrogen-bond donors (Lipinski definition) is 3. The molecule has 2 bridgehead atoms. The summed E-state index contributed by atoms with van der Waals surface area (Å²) in [7, 11) is 0. The van der Waals surface area contributed by atoms with Crippen LogP contribution >= 0.6 is 11.3 Å². The fraction of sp³-hybridized carbons (Fsp3) is 0.778. The minimum absolute atomic E-state index is 0.0123. The Labute approximate surface area is 282 Å². The Morgan fingerprint density at radius 3 is 2.72 bits per heavy atom. The Balaban J connectivity index is 1.24. The molecule has 5 aliphatic rings. The van der Waals surface area contributed by atoms with Gasteiger partial charge in [0.15, 0.2) is 5.78 Å². The molecule has 11 atom stereocenters. The minimum atomic E-state index is -0.836. The zero-order valence-corrected chi connectivity index (χ0v) is 28.9. The highest BCUT2D eigenvalue weighted by Gasteiger charge is 2.64. The molecule has 11 heteroatoms. The van der Waals surface area contributed by atoms with Crippen LogP contribution in [0.4, 0.5) is 0 Å². The first-order chi connectivity index (χ1) is 22.5. The van der Waals surface area contributed by atoms with Crippen molar-refractivity contribution in [3.05, 3.63) is 27.7 Å². The molecular formula is C36H53N3O7S. The van der Waals surface area contributed by atoms with E-state index in [0.29, 0.717) is 32.1 Å². The standard InChI is InChI=1S/C36H53N3O7S/c1-19(2)12-21-7-8-24-23-9-10-26-25-16-44-18-36(26,27(23)13-29(41)32(24)31(21)35(42)43)14-30(46-20(3)40)33(25)45-15-22-17-47-34(39-22)28(38)6-4-5-11-37/h13,17,19,21,23-26,28,30-33H,4-12,14-16,18,37-38H2,1-3H3,(H,42,43)/t21?,23?,24?,25?,26?,28-,30+,31?,32?,33+,36-/m0/s1. The van der Waals surface area contributed by atoms with Crippen molar-refractivity contribution in [1.29, 1.82) is 0 Å². The molecule has 5 N–H and O–H groups in total. The Bertz CT molecular complexity index is 1350. The molecule has 2 heterocycles. The lowest BCUT2D eigenvalue weighted by Crippen LogP contribution is -2.64. The van der Waals surface area contributed by atoms with Crippen LogP contribution in [0.5, 0.6) is 0 Å². The quantitative estimate of drug-likeness (QED) is 0.202. The average molecular weight is 672 g/mol. The van der Waals surface area contributed by atoms with Crippen LogP contribution in [0.25, 0.3) is 0 Å². The van der Waals surface area contributed by atoms with Crippen molar-refractivity contribution in [2.75, 3.05) is 19.8 Å². The molecule has 260 valence electrons. The van der Waals surface area contributed by atoms with E-state index in [2.05, 4.69) is 13.8 Å². The molecule has 3 saturated carbocycles. The number of ketones is 1. The molecule has 1 aliphatic heterocycles. The van der Waals surface area contributed by atoms with Gasteiger partial charge in [-0.15, -0.1) is 11.3 Å². The lowest BCUT2D eigenvalue weighted by atomic mass is 9.45. The number of esters is 1. The third-order valence-electron chi connectivity index (χ3n) is 12.0. The second-order valence-electron chi connectivity index (χ2n) is 15.3. The molecule has 6 rings (SSSR count). The van der Waals surface area contributed by atoms with E-state index >= 15 is 0 Å². The molecule has 1 aromatic heterocycles. The number of nitrogens with zero attached hydrogens (tertiary/aromatic N) is 1. The number of allylic oxidation sites excluding steroid dienone is 1. The first-order valence-electron chi connectivity index (χ1n) is 17.8. The highest BCUT2D eigenvalue weighted by atomic mass is 32.1. The van der Waals surface area contributed by atoms with Gasteiger partial charge in [-0.25, -0.2) is 4.98 Å². The summed E-state index contributed by atoms with van der Waals surface area (Å²) in [5.41, 5.74) is 13.5. The summed E-state index contributed by atoms with van der Waals surface area (Å²) >= 11 is 1.54. The van der Waals surface area contributed by atoms with Crippen LogP contribution in [0.3, 0.4) is 0 Å². The van der Waals surface area contributed by atoms with Crippen LogP contribution in [0.2, 0.25) is 0 Å². The summed E-state index contributed by atoms with van der Waals surface area (Å²) in [6.07, 6.45) is 8.63. The number of aliphatic carboxylic acids is 1. The summed E-state index contributed by atoms with van der Waals surface area (Å²) in [4.78, 5) is 44.0. The molecule has 1 aromatic rings. The van der Waals surface area contributed by atoms with E-state index in [0.717, 1.165) is 67.6 Å². The summed E-state index contributed by atoms with van der Waals surface area (Å²) in [5, 5.41) is 13.3. The van der Waals surface area contributed by atoms with Crippen LogP contribution in [0.15, 0.2) is 17.0 Å². The van der Waals surface area contributed by atoms with Gasteiger partial charge in [-0.05, 0) is 93.6 Å². The number of rotatable bonds is 12. The van der Waals surface area contributed by atoms with Gasteiger partial charge in [0, 0.05) is 29.6 Å². The van der Waals surface area contributed by atoms with Gasteiger partial charge in [0.1, 0.15) is 17.2 Å². The van der Waals surface area contributed by atoms with Gasteiger partial charge in [0.25, 0.3) is 0 Å². The van der Waals surface area contributed by atoms with E-state index in [1.807, 2.05) is 11.5 Å². The van der Waals surface area contributed by atoms with Crippen molar-refractivity contribution in [1.82, 2.24) is 4.98 Å². The Kier molecular flexibility index (Phi) is 10.6. The average Bonchev–Trinajstić information content (AvgIpc) is 3.49. The van der Waals surface area contributed by atoms with Crippen LogP contribution in [0.1, 0.15) is 95.3 Å².